The van der Waals surface area contributed by atoms with Crippen LogP contribution in [-0.2, 0) is 38.8 Å². The summed E-state index contributed by atoms with van der Waals surface area (Å²) in [5.41, 5.74) is 2.86. The lowest BCUT2D eigenvalue weighted by Crippen LogP contribution is -2.36. The molecule has 0 saturated heterocycles. The molecule has 0 spiro atoms. The molecule has 1 aliphatic rings. The lowest BCUT2D eigenvalue weighted by atomic mass is 10.0. The van der Waals surface area contributed by atoms with Crippen molar-refractivity contribution in [2.75, 3.05) is 18.4 Å². The third-order valence-corrected chi connectivity index (χ3v) is 8.47. The van der Waals surface area contributed by atoms with E-state index in [1.165, 1.54) is 4.31 Å². The number of benzene rings is 3. The molecular weight excluding hydrogens is 448 g/mol. The molecule has 7 nitrogen and oxygen atoms in total. The SMILES string of the molecule is COc1ccc(CS(=O)(=O)Nc2ccc3c(c2)CN(S(=O)(=O)c2ccccc2)CC3)cc1. The minimum atomic E-state index is -3.64. The molecular formula is C23H24N2O5S2. The van der Waals surface area contributed by atoms with Crippen LogP contribution in [0.15, 0.2) is 77.7 Å². The number of fused-ring (bicyclic) bond motifs is 1. The zero-order chi connectivity index (χ0) is 22.8. The van der Waals surface area contributed by atoms with Crippen molar-refractivity contribution in [3.8, 4) is 5.75 Å². The summed E-state index contributed by atoms with van der Waals surface area (Å²) in [5, 5.41) is 0. The fraction of sp³-hybridized carbons (Fsp3) is 0.217. The second-order valence-corrected chi connectivity index (χ2v) is 11.3. The molecule has 32 heavy (non-hydrogen) atoms. The highest BCUT2D eigenvalue weighted by molar-refractivity contribution is 7.91. The number of sulfonamides is 2. The van der Waals surface area contributed by atoms with Crippen molar-refractivity contribution in [3.05, 3.63) is 89.5 Å². The second kappa shape index (κ2) is 8.93. The molecule has 0 bridgehead atoms. The summed E-state index contributed by atoms with van der Waals surface area (Å²) in [6.07, 6.45) is 0.570. The van der Waals surface area contributed by atoms with Crippen molar-refractivity contribution < 1.29 is 21.6 Å². The quantitative estimate of drug-likeness (QED) is 0.569. The van der Waals surface area contributed by atoms with Crippen LogP contribution in [0.4, 0.5) is 5.69 Å². The second-order valence-electron chi connectivity index (χ2n) is 7.59. The van der Waals surface area contributed by atoms with Gasteiger partial charge in [0, 0.05) is 18.8 Å². The van der Waals surface area contributed by atoms with Crippen molar-refractivity contribution in [2.24, 2.45) is 0 Å². The molecule has 1 N–H and O–H groups in total. The van der Waals surface area contributed by atoms with Crippen LogP contribution in [0.3, 0.4) is 0 Å². The van der Waals surface area contributed by atoms with Crippen molar-refractivity contribution in [1.29, 1.82) is 0 Å². The first-order valence-corrected chi connectivity index (χ1v) is 13.2. The van der Waals surface area contributed by atoms with Crippen LogP contribution in [0.1, 0.15) is 16.7 Å². The minimum absolute atomic E-state index is 0.178. The number of anilines is 1. The Balaban J connectivity index is 1.51. The molecule has 0 radical (unpaired) electrons. The third-order valence-electron chi connectivity index (χ3n) is 5.35. The van der Waals surface area contributed by atoms with Gasteiger partial charge in [-0.1, -0.05) is 36.4 Å². The molecule has 0 unspecified atom stereocenters. The molecule has 0 amide bonds. The standard InChI is InChI=1S/C23H24N2O5S2/c1-30-22-11-7-18(8-12-22)17-31(26,27)24-21-10-9-19-13-14-25(16-20(19)15-21)32(28,29)23-5-3-2-4-6-23/h2-12,15,24H,13-14,16-17H2,1H3. The molecule has 0 aliphatic carbocycles. The van der Waals surface area contributed by atoms with Crippen molar-refractivity contribution in [2.45, 2.75) is 23.6 Å². The summed E-state index contributed by atoms with van der Waals surface area (Å²) in [5.74, 6) is 0.478. The molecule has 168 valence electrons. The van der Waals surface area contributed by atoms with Crippen LogP contribution in [0.2, 0.25) is 0 Å². The van der Waals surface area contributed by atoms with Crippen LogP contribution < -0.4 is 9.46 Å². The molecule has 0 fully saturated rings. The summed E-state index contributed by atoms with van der Waals surface area (Å²) in [6, 6.07) is 20.4. The Bertz CT molecular complexity index is 1310. The maximum atomic E-state index is 13.0. The Labute approximate surface area is 188 Å². The van der Waals surface area contributed by atoms with Gasteiger partial charge in [0.1, 0.15) is 5.75 Å². The average molecular weight is 473 g/mol. The van der Waals surface area contributed by atoms with Gasteiger partial charge in [-0.3, -0.25) is 4.72 Å². The lowest BCUT2D eigenvalue weighted by Gasteiger charge is -2.28. The van der Waals surface area contributed by atoms with E-state index in [4.69, 9.17) is 4.74 Å². The normalized spacial score (nSPS) is 14.5. The van der Waals surface area contributed by atoms with Crippen molar-refractivity contribution in [1.82, 2.24) is 4.31 Å². The maximum absolute atomic E-state index is 13.0. The summed E-state index contributed by atoms with van der Waals surface area (Å²) >= 11 is 0. The van der Waals surface area contributed by atoms with Gasteiger partial charge >= 0.3 is 0 Å². The largest absolute Gasteiger partial charge is 0.497 e. The van der Waals surface area contributed by atoms with Crippen LogP contribution in [-0.4, -0.2) is 34.8 Å². The van der Waals surface area contributed by atoms with Crippen LogP contribution in [0, 0.1) is 0 Å². The number of ether oxygens (including phenoxy) is 1. The molecule has 3 aromatic carbocycles. The van der Waals surface area contributed by atoms with Crippen molar-refractivity contribution >= 4 is 25.7 Å². The van der Waals surface area contributed by atoms with Crippen LogP contribution >= 0.6 is 0 Å². The monoisotopic (exact) mass is 472 g/mol. The van der Waals surface area contributed by atoms with Gasteiger partial charge in [-0.05, 0) is 59.5 Å². The lowest BCUT2D eigenvalue weighted by molar-refractivity contribution is 0.391. The predicted octanol–water partition coefficient (Wildman–Crippen LogP) is 3.38. The van der Waals surface area contributed by atoms with E-state index in [0.29, 0.717) is 30.0 Å². The van der Waals surface area contributed by atoms with Crippen molar-refractivity contribution in [3.63, 3.8) is 0 Å². The number of nitrogens with zero attached hydrogens (tertiary/aromatic N) is 1. The van der Waals surface area contributed by atoms with E-state index >= 15 is 0 Å². The van der Waals surface area contributed by atoms with E-state index in [0.717, 1.165) is 11.1 Å². The van der Waals surface area contributed by atoms with Crippen LogP contribution in [0.25, 0.3) is 0 Å². The molecule has 9 heteroatoms. The smallest absolute Gasteiger partial charge is 0.243 e. The Hall–Kier alpha value is -2.88. The van der Waals surface area contributed by atoms with Gasteiger partial charge < -0.3 is 4.74 Å². The van der Waals surface area contributed by atoms with Gasteiger partial charge in [-0.2, -0.15) is 4.31 Å². The van der Waals surface area contributed by atoms with Gasteiger partial charge in [-0.25, -0.2) is 16.8 Å². The Morgan fingerprint density at radius 2 is 1.62 bits per heavy atom. The molecule has 1 aliphatic heterocycles. The Morgan fingerprint density at radius 1 is 0.906 bits per heavy atom. The molecule has 4 rings (SSSR count). The highest BCUT2D eigenvalue weighted by atomic mass is 32.2. The van der Waals surface area contributed by atoms with E-state index in [1.807, 2.05) is 6.07 Å². The summed E-state index contributed by atoms with van der Waals surface area (Å²) < 4.78 is 60.4. The van der Waals surface area contributed by atoms with E-state index in [9.17, 15) is 16.8 Å². The highest BCUT2D eigenvalue weighted by Crippen LogP contribution is 2.27. The predicted molar refractivity (Wildman–Crippen MR) is 123 cm³/mol. The first kappa shape index (κ1) is 22.3. The van der Waals surface area contributed by atoms with Gasteiger partial charge in [0.15, 0.2) is 0 Å². The van der Waals surface area contributed by atoms with Gasteiger partial charge in [0.05, 0.1) is 17.8 Å². The first-order valence-electron chi connectivity index (χ1n) is 10.1. The number of rotatable bonds is 7. The first-order chi connectivity index (χ1) is 15.3. The Morgan fingerprint density at radius 3 is 2.31 bits per heavy atom. The van der Waals surface area contributed by atoms with Gasteiger partial charge in [0.25, 0.3) is 0 Å². The molecule has 1 heterocycles. The Kier molecular flexibility index (Phi) is 6.23. The zero-order valence-corrected chi connectivity index (χ0v) is 19.2. The van der Waals surface area contributed by atoms with E-state index in [1.54, 1.807) is 73.8 Å². The topological polar surface area (TPSA) is 92.8 Å². The fourth-order valence-electron chi connectivity index (χ4n) is 3.70. The molecule has 0 saturated carbocycles. The van der Waals surface area contributed by atoms with Gasteiger partial charge in [-0.15, -0.1) is 0 Å². The summed E-state index contributed by atoms with van der Waals surface area (Å²) in [7, 11) is -5.70. The number of hydrogen-bond donors (Lipinski definition) is 1. The van der Waals surface area contributed by atoms with E-state index in [-0.39, 0.29) is 17.2 Å². The van der Waals surface area contributed by atoms with E-state index in [2.05, 4.69) is 4.72 Å². The zero-order valence-electron chi connectivity index (χ0n) is 17.6. The summed E-state index contributed by atoms with van der Waals surface area (Å²) in [6.45, 7) is 0.577. The third kappa shape index (κ3) is 4.95. The average Bonchev–Trinajstić information content (AvgIpc) is 2.79. The minimum Gasteiger partial charge on any atom is -0.497 e. The summed E-state index contributed by atoms with van der Waals surface area (Å²) in [4.78, 5) is 0.250. The van der Waals surface area contributed by atoms with Gasteiger partial charge in [0.2, 0.25) is 20.0 Å². The number of nitrogens with one attached hydrogen (secondary N) is 1. The maximum Gasteiger partial charge on any atom is 0.243 e. The van der Waals surface area contributed by atoms with Crippen LogP contribution in [0.5, 0.6) is 5.75 Å². The molecule has 0 aromatic heterocycles. The molecule has 3 aromatic rings. The number of hydrogen-bond acceptors (Lipinski definition) is 5. The highest BCUT2D eigenvalue weighted by Gasteiger charge is 2.28. The number of methoxy groups -OCH3 is 1. The van der Waals surface area contributed by atoms with E-state index < -0.39 is 20.0 Å². The fourth-order valence-corrected chi connectivity index (χ4v) is 6.33. The molecule has 0 atom stereocenters.